The number of nitrogens with one attached hydrogen (secondary N) is 1. The second-order valence-electron chi connectivity index (χ2n) is 5.25. The second-order valence-corrected chi connectivity index (χ2v) is 5.59. The summed E-state index contributed by atoms with van der Waals surface area (Å²) in [4.78, 5) is 16.5. The van der Waals surface area contributed by atoms with Gasteiger partial charge in [-0.2, -0.15) is 24.7 Å². The molecule has 0 amide bonds. The first-order valence-electron chi connectivity index (χ1n) is 7.34. The minimum absolute atomic E-state index is 0.156. The second kappa shape index (κ2) is 6.80. The van der Waals surface area contributed by atoms with Gasteiger partial charge >= 0.3 is 0 Å². The van der Waals surface area contributed by atoms with Crippen LogP contribution in [0.15, 0.2) is 12.7 Å². The van der Waals surface area contributed by atoms with Crippen LogP contribution in [0.25, 0.3) is 5.95 Å². The van der Waals surface area contributed by atoms with Gasteiger partial charge in [-0.3, -0.25) is 0 Å². The summed E-state index contributed by atoms with van der Waals surface area (Å²) in [5.41, 5.74) is 0. The fraction of sp³-hybridized carbons (Fsp3) is 0.615. The molecule has 21 heavy (non-hydrogen) atoms. The van der Waals surface area contributed by atoms with Crippen LogP contribution in [0.3, 0.4) is 0 Å². The predicted molar refractivity (Wildman–Crippen MR) is 79.5 cm³/mol. The Hall–Kier alpha value is -1.76. The van der Waals surface area contributed by atoms with Crippen LogP contribution >= 0.6 is 11.6 Å². The van der Waals surface area contributed by atoms with Crippen LogP contribution in [0.2, 0.25) is 5.28 Å². The molecule has 8 heteroatoms. The smallest absolute Gasteiger partial charge is 0.258 e. The topological polar surface area (TPSA) is 81.4 Å². The lowest BCUT2D eigenvalue weighted by Crippen LogP contribution is -2.22. The van der Waals surface area contributed by atoms with Crippen LogP contribution in [-0.2, 0) is 0 Å². The Kier molecular flexibility index (Phi) is 4.59. The van der Waals surface area contributed by atoms with Crippen molar-refractivity contribution in [2.75, 3.05) is 5.32 Å². The van der Waals surface area contributed by atoms with E-state index >= 15 is 0 Å². The maximum absolute atomic E-state index is 5.98. The van der Waals surface area contributed by atoms with Crippen LogP contribution in [-0.4, -0.2) is 35.8 Å². The van der Waals surface area contributed by atoms with Gasteiger partial charge in [-0.1, -0.05) is 32.1 Å². The maximum atomic E-state index is 5.98. The van der Waals surface area contributed by atoms with Crippen LogP contribution in [0.5, 0.6) is 0 Å². The Morgan fingerprint density at radius 3 is 2.52 bits per heavy atom. The predicted octanol–water partition coefficient (Wildman–Crippen LogP) is 2.63. The Morgan fingerprint density at radius 2 is 1.81 bits per heavy atom. The first-order valence-corrected chi connectivity index (χ1v) is 7.72. The van der Waals surface area contributed by atoms with E-state index in [9.17, 15) is 0 Å². The number of halogens is 1. The van der Waals surface area contributed by atoms with Gasteiger partial charge in [-0.05, 0) is 24.4 Å². The molecule has 2 heterocycles. The molecule has 0 radical (unpaired) electrons. The molecule has 0 bridgehead atoms. The summed E-state index contributed by atoms with van der Waals surface area (Å²) in [6.45, 7) is 0. The van der Waals surface area contributed by atoms with Crippen molar-refractivity contribution in [1.29, 1.82) is 0 Å². The molecular weight excluding hydrogens is 290 g/mol. The molecule has 7 nitrogen and oxygen atoms in total. The number of nitrogens with zero attached hydrogens (tertiary/aromatic N) is 6. The maximum Gasteiger partial charge on any atom is 0.258 e. The summed E-state index contributed by atoms with van der Waals surface area (Å²) in [6, 6.07) is 0.396. The molecular formula is C13H18ClN7. The molecule has 1 fully saturated rings. The van der Waals surface area contributed by atoms with Crippen molar-refractivity contribution in [3.05, 3.63) is 17.9 Å². The molecule has 1 aliphatic rings. The average Bonchev–Trinajstić information content (AvgIpc) is 2.95. The monoisotopic (exact) mass is 307 g/mol. The molecule has 0 saturated heterocycles. The van der Waals surface area contributed by atoms with Gasteiger partial charge in [-0.25, -0.2) is 4.98 Å². The van der Waals surface area contributed by atoms with Gasteiger partial charge in [0.15, 0.2) is 0 Å². The first-order chi connectivity index (χ1) is 10.3. The fourth-order valence-corrected chi connectivity index (χ4v) is 2.76. The quantitative estimate of drug-likeness (QED) is 0.938. The van der Waals surface area contributed by atoms with E-state index in [4.69, 9.17) is 11.6 Å². The third kappa shape index (κ3) is 3.87. The van der Waals surface area contributed by atoms with Crippen molar-refractivity contribution in [3.8, 4) is 5.95 Å². The summed E-state index contributed by atoms with van der Waals surface area (Å²) in [6.07, 6.45) is 11.7. The summed E-state index contributed by atoms with van der Waals surface area (Å²) in [7, 11) is 0. The van der Waals surface area contributed by atoms with E-state index < -0.39 is 0 Å². The highest BCUT2D eigenvalue weighted by Crippen LogP contribution is 2.20. The summed E-state index contributed by atoms with van der Waals surface area (Å²) in [5.74, 6) is 0.881. The summed E-state index contributed by atoms with van der Waals surface area (Å²) < 4.78 is 1.47. The lowest BCUT2D eigenvalue weighted by atomic mass is 9.97. The highest BCUT2D eigenvalue weighted by molar-refractivity contribution is 6.28. The number of aromatic nitrogens is 6. The first kappa shape index (κ1) is 14.2. The van der Waals surface area contributed by atoms with Crippen LogP contribution in [0.4, 0.5) is 5.95 Å². The fourth-order valence-electron chi connectivity index (χ4n) is 2.60. The van der Waals surface area contributed by atoms with Gasteiger partial charge < -0.3 is 5.32 Å². The molecule has 0 atom stereocenters. The van der Waals surface area contributed by atoms with Crippen molar-refractivity contribution in [1.82, 2.24) is 29.7 Å². The van der Waals surface area contributed by atoms with E-state index in [1.165, 1.54) is 49.4 Å². The largest absolute Gasteiger partial charge is 0.351 e. The average molecular weight is 308 g/mol. The van der Waals surface area contributed by atoms with Crippen LogP contribution < -0.4 is 5.32 Å². The third-order valence-corrected chi connectivity index (χ3v) is 3.83. The molecule has 1 N–H and O–H groups in total. The Morgan fingerprint density at radius 1 is 1.05 bits per heavy atom. The molecule has 2 aromatic heterocycles. The Labute approximate surface area is 128 Å². The number of hydrogen-bond donors (Lipinski definition) is 1. The van der Waals surface area contributed by atoms with Gasteiger partial charge in [0.05, 0.1) is 0 Å². The van der Waals surface area contributed by atoms with E-state index in [0.717, 1.165) is 12.8 Å². The van der Waals surface area contributed by atoms with Gasteiger partial charge in [-0.15, -0.1) is 0 Å². The van der Waals surface area contributed by atoms with Crippen molar-refractivity contribution in [2.24, 2.45) is 0 Å². The zero-order valence-corrected chi connectivity index (χ0v) is 12.5. The van der Waals surface area contributed by atoms with Gasteiger partial charge in [0.1, 0.15) is 12.7 Å². The van der Waals surface area contributed by atoms with Crippen molar-refractivity contribution in [2.45, 2.75) is 51.0 Å². The molecule has 0 aliphatic heterocycles. The SMILES string of the molecule is Clc1nc(NC2CCCCCCC2)nc(-n2cncn2)n1. The highest BCUT2D eigenvalue weighted by Gasteiger charge is 2.14. The molecule has 1 saturated carbocycles. The van der Waals surface area contributed by atoms with Crippen molar-refractivity contribution < 1.29 is 0 Å². The third-order valence-electron chi connectivity index (χ3n) is 3.66. The zero-order chi connectivity index (χ0) is 14.5. The lowest BCUT2D eigenvalue weighted by Gasteiger charge is -2.21. The zero-order valence-electron chi connectivity index (χ0n) is 11.7. The highest BCUT2D eigenvalue weighted by atomic mass is 35.5. The van der Waals surface area contributed by atoms with Crippen molar-refractivity contribution in [3.63, 3.8) is 0 Å². The number of anilines is 1. The molecule has 2 aromatic rings. The molecule has 1 aliphatic carbocycles. The molecule has 112 valence electrons. The lowest BCUT2D eigenvalue weighted by molar-refractivity contribution is 0.469. The van der Waals surface area contributed by atoms with Crippen LogP contribution in [0.1, 0.15) is 44.9 Å². The van der Waals surface area contributed by atoms with E-state index in [2.05, 4.69) is 30.4 Å². The molecule has 0 aromatic carbocycles. The van der Waals surface area contributed by atoms with E-state index in [1.807, 2.05) is 0 Å². The van der Waals surface area contributed by atoms with E-state index in [1.54, 1.807) is 0 Å². The van der Waals surface area contributed by atoms with Gasteiger partial charge in [0, 0.05) is 6.04 Å². The standard InChI is InChI=1S/C13H18ClN7/c14-11-18-12(17-10-6-4-2-1-3-5-7-10)20-13(19-11)21-9-15-8-16-21/h8-10H,1-7H2,(H,17,18,19,20). The van der Waals surface area contributed by atoms with E-state index in [-0.39, 0.29) is 5.28 Å². The minimum atomic E-state index is 0.156. The van der Waals surface area contributed by atoms with Crippen molar-refractivity contribution >= 4 is 17.5 Å². The molecule has 0 unspecified atom stereocenters. The summed E-state index contributed by atoms with van der Waals surface area (Å²) in [5, 5.41) is 7.55. The normalized spacial score (nSPS) is 17.2. The Bertz CT molecular complexity index is 564. The van der Waals surface area contributed by atoms with Gasteiger partial charge in [0.2, 0.25) is 11.2 Å². The molecule has 0 spiro atoms. The number of hydrogen-bond acceptors (Lipinski definition) is 6. The van der Waals surface area contributed by atoms with E-state index in [0.29, 0.717) is 17.9 Å². The van der Waals surface area contributed by atoms with Gasteiger partial charge in [0.25, 0.3) is 5.95 Å². The summed E-state index contributed by atoms with van der Waals surface area (Å²) >= 11 is 5.98. The minimum Gasteiger partial charge on any atom is -0.351 e. The number of rotatable bonds is 3. The Balaban J connectivity index is 1.75. The van der Waals surface area contributed by atoms with Crippen LogP contribution in [0, 0.1) is 0 Å². The molecule has 3 rings (SSSR count).